The SMILES string of the molecule is CNCc1n[nH]c(C)c1S(=O)(=O)N(C)CCSC. The molecule has 0 aliphatic heterocycles. The van der Waals surface area contributed by atoms with Crippen molar-refractivity contribution in [2.75, 3.05) is 32.6 Å². The van der Waals surface area contributed by atoms with Crippen molar-refractivity contribution in [3.05, 3.63) is 11.4 Å². The van der Waals surface area contributed by atoms with Gasteiger partial charge in [0.25, 0.3) is 0 Å². The Labute approximate surface area is 113 Å². The van der Waals surface area contributed by atoms with Crippen LogP contribution >= 0.6 is 11.8 Å². The molecule has 0 saturated heterocycles. The molecule has 1 rings (SSSR count). The molecular formula is C10H20N4O2S2. The second-order valence-corrected chi connectivity index (χ2v) is 6.94. The van der Waals surface area contributed by atoms with E-state index in [2.05, 4.69) is 15.5 Å². The summed E-state index contributed by atoms with van der Waals surface area (Å²) in [5, 5.41) is 9.70. The van der Waals surface area contributed by atoms with E-state index >= 15 is 0 Å². The summed E-state index contributed by atoms with van der Waals surface area (Å²) in [5.41, 5.74) is 1.11. The van der Waals surface area contributed by atoms with Crippen LogP contribution in [0.1, 0.15) is 11.4 Å². The largest absolute Gasteiger partial charge is 0.314 e. The summed E-state index contributed by atoms with van der Waals surface area (Å²) in [7, 11) is -0.105. The molecule has 1 aromatic heterocycles. The van der Waals surface area contributed by atoms with Gasteiger partial charge in [0.1, 0.15) is 4.90 Å². The Kier molecular flexibility index (Phi) is 5.64. The maximum atomic E-state index is 12.4. The van der Waals surface area contributed by atoms with Crippen molar-refractivity contribution in [3.63, 3.8) is 0 Å². The number of H-pyrrole nitrogens is 1. The minimum atomic E-state index is -3.47. The van der Waals surface area contributed by atoms with Crippen LogP contribution in [-0.4, -0.2) is 55.6 Å². The van der Waals surface area contributed by atoms with E-state index in [1.54, 1.807) is 32.8 Å². The van der Waals surface area contributed by atoms with Crippen molar-refractivity contribution >= 4 is 21.8 Å². The number of rotatable bonds is 7. The molecule has 0 saturated carbocycles. The van der Waals surface area contributed by atoms with Crippen molar-refractivity contribution in [3.8, 4) is 0 Å². The van der Waals surface area contributed by atoms with Crippen LogP contribution in [0.3, 0.4) is 0 Å². The summed E-state index contributed by atoms with van der Waals surface area (Å²) in [5.74, 6) is 0.772. The molecule has 0 aliphatic carbocycles. The van der Waals surface area contributed by atoms with Gasteiger partial charge < -0.3 is 5.32 Å². The van der Waals surface area contributed by atoms with Crippen LogP contribution in [0.15, 0.2) is 4.90 Å². The lowest BCUT2D eigenvalue weighted by atomic mass is 10.4. The second kappa shape index (κ2) is 6.55. The molecule has 0 spiro atoms. The Bertz CT molecular complexity index is 484. The summed E-state index contributed by atoms with van der Waals surface area (Å²) in [4.78, 5) is 0.292. The maximum absolute atomic E-state index is 12.4. The highest BCUT2D eigenvalue weighted by molar-refractivity contribution is 7.98. The number of nitrogens with one attached hydrogen (secondary N) is 2. The van der Waals surface area contributed by atoms with Crippen LogP contribution in [0, 0.1) is 6.92 Å². The van der Waals surface area contributed by atoms with Crippen molar-refractivity contribution in [2.24, 2.45) is 0 Å². The first kappa shape index (κ1) is 15.5. The highest BCUT2D eigenvalue weighted by Crippen LogP contribution is 2.21. The van der Waals surface area contributed by atoms with Crippen LogP contribution in [0.25, 0.3) is 0 Å². The normalized spacial score (nSPS) is 12.3. The van der Waals surface area contributed by atoms with E-state index in [1.165, 1.54) is 4.31 Å². The number of hydrogen-bond acceptors (Lipinski definition) is 5. The van der Waals surface area contributed by atoms with Gasteiger partial charge in [-0.1, -0.05) is 0 Å². The lowest BCUT2D eigenvalue weighted by Crippen LogP contribution is -2.30. The molecule has 0 radical (unpaired) electrons. The number of sulfonamides is 1. The zero-order chi connectivity index (χ0) is 13.8. The first-order valence-electron chi connectivity index (χ1n) is 5.58. The molecule has 0 fully saturated rings. The van der Waals surface area contributed by atoms with Gasteiger partial charge in [0.2, 0.25) is 10.0 Å². The predicted molar refractivity (Wildman–Crippen MR) is 74.3 cm³/mol. The highest BCUT2D eigenvalue weighted by Gasteiger charge is 2.27. The van der Waals surface area contributed by atoms with Crippen LogP contribution in [0.5, 0.6) is 0 Å². The van der Waals surface area contributed by atoms with E-state index in [0.717, 1.165) is 5.75 Å². The average Bonchev–Trinajstić information content (AvgIpc) is 2.68. The van der Waals surface area contributed by atoms with Gasteiger partial charge >= 0.3 is 0 Å². The number of thioether (sulfide) groups is 1. The van der Waals surface area contributed by atoms with E-state index < -0.39 is 10.0 Å². The van der Waals surface area contributed by atoms with E-state index in [9.17, 15) is 8.42 Å². The van der Waals surface area contributed by atoms with Gasteiger partial charge in [-0.05, 0) is 20.2 Å². The van der Waals surface area contributed by atoms with Gasteiger partial charge in [-0.3, -0.25) is 5.10 Å². The molecule has 0 aromatic carbocycles. The summed E-state index contributed by atoms with van der Waals surface area (Å²) >= 11 is 1.62. The van der Waals surface area contributed by atoms with E-state index in [1.807, 2.05) is 6.26 Å². The standard InChI is InChI=1S/C10H20N4O2S2/c1-8-10(9(7-11-2)13-12-8)18(15,16)14(3)5-6-17-4/h11H,5-7H2,1-4H3,(H,12,13). The van der Waals surface area contributed by atoms with Crippen molar-refractivity contribution in [2.45, 2.75) is 18.4 Å². The maximum Gasteiger partial charge on any atom is 0.246 e. The Morgan fingerprint density at radius 1 is 1.50 bits per heavy atom. The quantitative estimate of drug-likeness (QED) is 0.761. The van der Waals surface area contributed by atoms with Crippen LogP contribution in [0.4, 0.5) is 0 Å². The molecular weight excluding hydrogens is 272 g/mol. The van der Waals surface area contributed by atoms with Crippen molar-refractivity contribution < 1.29 is 8.42 Å². The zero-order valence-corrected chi connectivity index (χ0v) is 12.8. The summed E-state index contributed by atoms with van der Waals surface area (Å²) in [6, 6.07) is 0. The van der Waals surface area contributed by atoms with Gasteiger partial charge in [-0.15, -0.1) is 0 Å². The minimum Gasteiger partial charge on any atom is -0.314 e. The number of aryl methyl sites for hydroxylation is 1. The third kappa shape index (κ3) is 3.25. The fourth-order valence-electron chi connectivity index (χ4n) is 1.59. The van der Waals surface area contributed by atoms with Crippen LogP contribution < -0.4 is 5.32 Å². The van der Waals surface area contributed by atoms with Gasteiger partial charge in [0, 0.05) is 25.9 Å². The molecule has 0 bridgehead atoms. The average molecular weight is 292 g/mol. The Morgan fingerprint density at radius 3 is 2.72 bits per heavy atom. The summed E-state index contributed by atoms with van der Waals surface area (Å²) < 4.78 is 26.3. The Morgan fingerprint density at radius 2 is 2.17 bits per heavy atom. The van der Waals surface area contributed by atoms with Gasteiger partial charge in [-0.25, -0.2) is 8.42 Å². The van der Waals surface area contributed by atoms with E-state index in [0.29, 0.717) is 29.4 Å². The molecule has 104 valence electrons. The predicted octanol–water partition coefficient (Wildman–Crippen LogP) is 0.421. The molecule has 18 heavy (non-hydrogen) atoms. The number of aromatic nitrogens is 2. The monoisotopic (exact) mass is 292 g/mol. The zero-order valence-electron chi connectivity index (χ0n) is 11.1. The van der Waals surface area contributed by atoms with E-state index in [4.69, 9.17) is 0 Å². The smallest absolute Gasteiger partial charge is 0.246 e. The van der Waals surface area contributed by atoms with Crippen LogP contribution in [-0.2, 0) is 16.6 Å². The lowest BCUT2D eigenvalue weighted by Gasteiger charge is -2.17. The number of hydrogen-bond donors (Lipinski definition) is 2. The van der Waals surface area contributed by atoms with Crippen molar-refractivity contribution in [1.29, 1.82) is 0 Å². The first-order valence-corrected chi connectivity index (χ1v) is 8.42. The fourth-order valence-corrected chi connectivity index (χ4v) is 3.66. The number of aromatic amines is 1. The Balaban J connectivity index is 3.07. The second-order valence-electron chi connectivity index (χ2n) is 3.97. The minimum absolute atomic E-state index is 0.292. The topological polar surface area (TPSA) is 78.1 Å². The van der Waals surface area contributed by atoms with Crippen LogP contribution in [0.2, 0.25) is 0 Å². The molecule has 0 unspecified atom stereocenters. The molecule has 2 N–H and O–H groups in total. The molecule has 0 atom stereocenters. The molecule has 6 nitrogen and oxygen atoms in total. The third-order valence-electron chi connectivity index (χ3n) is 2.58. The first-order chi connectivity index (χ1) is 8.45. The molecule has 0 aliphatic rings. The molecule has 8 heteroatoms. The van der Waals surface area contributed by atoms with Crippen molar-refractivity contribution in [1.82, 2.24) is 19.8 Å². The molecule has 1 heterocycles. The Hall–Kier alpha value is -0.570. The molecule has 1 aromatic rings. The van der Waals surface area contributed by atoms with Gasteiger partial charge in [0.15, 0.2) is 0 Å². The summed E-state index contributed by atoms with van der Waals surface area (Å²) in [6.45, 7) is 2.64. The fraction of sp³-hybridized carbons (Fsp3) is 0.700. The third-order valence-corrected chi connectivity index (χ3v) is 5.24. The lowest BCUT2D eigenvalue weighted by molar-refractivity contribution is 0.487. The summed E-state index contributed by atoms with van der Waals surface area (Å²) in [6.07, 6.45) is 1.95. The highest BCUT2D eigenvalue weighted by atomic mass is 32.2. The molecule has 0 amide bonds. The van der Waals surface area contributed by atoms with E-state index in [-0.39, 0.29) is 0 Å². The number of nitrogens with zero attached hydrogens (tertiary/aromatic N) is 2. The van der Waals surface area contributed by atoms with Gasteiger partial charge in [-0.2, -0.15) is 21.2 Å². The van der Waals surface area contributed by atoms with Gasteiger partial charge in [0.05, 0.1) is 11.4 Å².